The summed E-state index contributed by atoms with van der Waals surface area (Å²) < 4.78 is 32.3. The molecule has 1 aromatic carbocycles. The van der Waals surface area contributed by atoms with Crippen molar-refractivity contribution < 1.29 is 18.3 Å². The molecule has 0 radical (unpaired) electrons. The summed E-state index contributed by atoms with van der Waals surface area (Å²) in [5.41, 5.74) is 0. The molecular formula is C13H20ClNO4S. The average molecular weight is 322 g/mol. The van der Waals surface area contributed by atoms with Gasteiger partial charge in [0.25, 0.3) is 0 Å². The first-order valence-electron chi connectivity index (χ1n) is 6.32. The van der Waals surface area contributed by atoms with Gasteiger partial charge in [0, 0.05) is 11.1 Å². The van der Waals surface area contributed by atoms with Gasteiger partial charge in [-0.15, -0.1) is 0 Å². The number of nitrogens with one attached hydrogen (secondary N) is 1. The Kier molecular flexibility index (Phi) is 6.26. The maximum absolute atomic E-state index is 12.4. The number of methoxy groups -OCH3 is 1. The van der Waals surface area contributed by atoms with Gasteiger partial charge < -0.3 is 9.84 Å². The minimum atomic E-state index is -3.81. The van der Waals surface area contributed by atoms with Gasteiger partial charge in [0.2, 0.25) is 10.0 Å². The zero-order valence-corrected chi connectivity index (χ0v) is 13.3. The third-order valence-electron chi connectivity index (χ3n) is 3.25. The minimum absolute atomic E-state index is 0.0138. The van der Waals surface area contributed by atoms with E-state index in [0.717, 1.165) is 6.42 Å². The molecule has 1 aromatic rings. The summed E-state index contributed by atoms with van der Waals surface area (Å²) in [7, 11) is -2.42. The van der Waals surface area contributed by atoms with Crippen molar-refractivity contribution in [3.05, 3.63) is 23.2 Å². The summed E-state index contributed by atoms with van der Waals surface area (Å²) in [6.07, 6.45) is 0.750. The Morgan fingerprint density at radius 2 is 2.10 bits per heavy atom. The van der Waals surface area contributed by atoms with E-state index in [4.69, 9.17) is 16.3 Å². The van der Waals surface area contributed by atoms with E-state index in [9.17, 15) is 13.5 Å². The average Bonchev–Trinajstić information content (AvgIpc) is 2.43. The molecule has 0 spiro atoms. The number of aliphatic hydroxyl groups is 1. The molecule has 0 aliphatic heterocycles. The molecule has 0 saturated carbocycles. The summed E-state index contributed by atoms with van der Waals surface area (Å²) in [5, 5.41) is 9.64. The lowest BCUT2D eigenvalue weighted by atomic mass is 10.0. The maximum Gasteiger partial charge on any atom is 0.244 e. The molecule has 0 bridgehead atoms. The molecule has 0 amide bonds. The smallest absolute Gasteiger partial charge is 0.244 e. The first kappa shape index (κ1) is 17.2. The van der Waals surface area contributed by atoms with E-state index in [-0.39, 0.29) is 23.2 Å². The van der Waals surface area contributed by atoms with E-state index in [2.05, 4.69) is 4.72 Å². The van der Waals surface area contributed by atoms with Crippen LogP contribution in [0.5, 0.6) is 5.75 Å². The van der Waals surface area contributed by atoms with Gasteiger partial charge in [-0.05, 0) is 24.1 Å². The standard InChI is InChI=1S/C13H20ClNO4S/c1-4-9(2)11(8-16)15-20(17,18)13-7-10(14)5-6-12(13)19-3/h5-7,9,11,15-16H,4,8H2,1-3H3. The molecule has 20 heavy (non-hydrogen) atoms. The molecule has 0 fully saturated rings. The lowest BCUT2D eigenvalue weighted by Crippen LogP contribution is -2.41. The molecule has 0 aliphatic rings. The number of ether oxygens (including phenoxy) is 1. The zero-order valence-electron chi connectivity index (χ0n) is 11.8. The van der Waals surface area contributed by atoms with Crippen LogP contribution in [-0.2, 0) is 10.0 Å². The summed E-state index contributed by atoms with van der Waals surface area (Å²) in [5.74, 6) is 0.225. The largest absolute Gasteiger partial charge is 0.495 e. The number of halogens is 1. The second kappa shape index (κ2) is 7.26. The SMILES string of the molecule is CCC(C)C(CO)NS(=O)(=O)c1cc(Cl)ccc1OC. The predicted molar refractivity (Wildman–Crippen MR) is 78.7 cm³/mol. The molecular weight excluding hydrogens is 302 g/mol. The third-order valence-corrected chi connectivity index (χ3v) is 5.00. The molecule has 114 valence electrons. The van der Waals surface area contributed by atoms with Gasteiger partial charge in [-0.1, -0.05) is 31.9 Å². The van der Waals surface area contributed by atoms with Gasteiger partial charge in [-0.25, -0.2) is 13.1 Å². The van der Waals surface area contributed by atoms with E-state index >= 15 is 0 Å². The lowest BCUT2D eigenvalue weighted by molar-refractivity contribution is 0.219. The van der Waals surface area contributed by atoms with Crippen molar-refractivity contribution in [3.8, 4) is 5.75 Å². The fraction of sp³-hybridized carbons (Fsp3) is 0.538. The number of rotatable bonds is 7. The second-order valence-electron chi connectivity index (χ2n) is 4.59. The number of hydrogen-bond acceptors (Lipinski definition) is 4. The summed E-state index contributed by atoms with van der Waals surface area (Å²) in [4.78, 5) is -0.0331. The maximum atomic E-state index is 12.4. The van der Waals surface area contributed by atoms with Gasteiger partial charge in [0.1, 0.15) is 10.6 Å². The molecule has 0 aliphatic carbocycles. The normalized spacial score (nSPS) is 14.8. The number of benzene rings is 1. The monoisotopic (exact) mass is 321 g/mol. The number of sulfonamides is 1. The van der Waals surface area contributed by atoms with Gasteiger partial charge in [-0.3, -0.25) is 0 Å². The highest BCUT2D eigenvalue weighted by Gasteiger charge is 2.26. The number of aliphatic hydroxyl groups excluding tert-OH is 1. The highest BCUT2D eigenvalue weighted by molar-refractivity contribution is 7.89. The van der Waals surface area contributed by atoms with Crippen LogP contribution in [0.1, 0.15) is 20.3 Å². The molecule has 0 saturated heterocycles. The van der Waals surface area contributed by atoms with E-state index < -0.39 is 16.1 Å². The molecule has 0 heterocycles. The van der Waals surface area contributed by atoms with Crippen LogP contribution in [-0.4, -0.2) is 33.3 Å². The molecule has 1 rings (SSSR count). The molecule has 2 N–H and O–H groups in total. The fourth-order valence-electron chi connectivity index (χ4n) is 1.74. The van der Waals surface area contributed by atoms with Crippen molar-refractivity contribution in [2.45, 2.75) is 31.2 Å². The van der Waals surface area contributed by atoms with Crippen molar-refractivity contribution in [2.24, 2.45) is 5.92 Å². The topological polar surface area (TPSA) is 75.6 Å². The van der Waals surface area contributed by atoms with Crippen LogP contribution < -0.4 is 9.46 Å². The van der Waals surface area contributed by atoms with E-state index in [1.165, 1.54) is 19.2 Å². The summed E-state index contributed by atoms with van der Waals surface area (Å²) >= 11 is 5.84. The van der Waals surface area contributed by atoms with Crippen molar-refractivity contribution in [2.75, 3.05) is 13.7 Å². The van der Waals surface area contributed by atoms with Crippen molar-refractivity contribution >= 4 is 21.6 Å². The van der Waals surface area contributed by atoms with Gasteiger partial charge >= 0.3 is 0 Å². The van der Waals surface area contributed by atoms with Gasteiger partial charge in [0.15, 0.2) is 0 Å². The quantitative estimate of drug-likeness (QED) is 0.805. The van der Waals surface area contributed by atoms with Crippen molar-refractivity contribution in [1.29, 1.82) is 0 Å². The van der Waals surface area contributed by atoms with Gasteiger partial charge in [0.05, 0.1) is 13.7 Å². The number of hydrogen-bond donors (Lipinski definition) is 2. The van der Waals surface area contributed by atoms with Crippen molar-refractivity contribution in [3.63, 3.8) is 0 Å². The Bertz CT molecular complexity index is 547. The van der Waals surface area contributed by atoms with Crippen LogP contribution in [0.3, 0.4) is 0 Å². The highest BCUT2D eigenvalue weighted by Crippen LogP contribution is 2.27. The Morgan fingerprint density at radius 3 is 2.60 bits per heavy atom. The Labute approximate surface area is 125 Å². The Hall–Kier alpha value is -0.820. The molecule has 2 unspecified atom stereocenters. The van der Waals surface area contributed by atoms with E-state index in [1.54, 1.807) is 6.07 Å². The predicted octanol–water partition coefficient (Wildman–Crippen LogP) is 2.03. The highest BCUT2D eigenvalue weighted by atomic mass is 35.5. The molecule has 5 nitrogen and oxygen atoms in total. The molecule has 0 aromatic heterocycles. The Morgan fingerprint density at radius 1 is 1.45 bits per heavy atom. The van der Waals surface area contributed by atoms with Crippen LogP contribution in [0.15, 0.2) is 23.1 Å². The third kappa shape index (κ3) is 4.09. The Balaban J connectivity index is 3.13. The fourth-order valence-corrected chi connectivity index (χ4v) is 3.51. The minimum Gasteiger partial charge on any atom is -0.495 e. The molecule has 7 heteroatoms. The van der Waals surface area contributed by atoms with Crippen LogP contribution in [0.2, 0.25) is 5.02 Å². The van der Waals surface area contributed by atoms with Crippen LogP contribution in [0, 0.1) is 5.92 Å². The summed E-state index contributed by atoms with van der Waals surface area (Å²) in [6.45, 7) is 3.54. The van der Waals surface area contributed by atoms with Gasteiger partial charge in [-0.2, -0.15) is 0 Å². The second-order valence-corrected chi connectivity index (χ2v) is 6.71. The van der Waals surface area contributed by atoms with E-state index in [0.29, 0.717) is 5.02 Å². The van der Waals surface area contributed by atoms with Crippen LogP contribution in [0.25, 0.3) is 0 Å². The summed E-state index contributed by atoms with van der Waals surface area (Å²) in [6, 6.07) is 3.83. The first-order valence-corrected chi connectivity index (χ1v) is 8.18. The molecule has 2 atom stereocenters. The van der Waals surface area contributed by atoms with Crippen LogP contribution >= 0.6 is 11.6 Å². The van der Waals surface area contributed by atoms with Crippen LogP contribution in [0.4, 0.5) is 0 Å². The first-order chi connectivity index (χ1) is 9.35. The van der Waals surface area contributed by atoms with Crippen molar-refractivity contribution in [1.82, 2.24) is 4.72 Å². The zero-order chi connectivity index (χ0) is 15.3. The van der Waals surface area contributed by atoms with E-state index in [1.807, 2.05) is 13.8 Å². The lowest BCUT2D eigenvalue weighted by Gasteiger charge is -2.22.